The third-order valence-corrected chi connectivity index (χ3v) is 7.00. The topological polar surface area (TPSA) is 88.3 Å². The van der Waals surface area contributed by atoms with E-state index < -0.39 is 11.5 Å². The molecule has 0 aliphatic carbocycles. The Bertz CT molecular complexity index is 1120. The predicted molar refractivity (Wildman–Crippen MR) is 123 cm³/mol. The van der Waals surface area contributed by atoms with Crippen LogP contribution in [0.4, 0.5) is 0 Å². The molecular weight excluding hydrogens is 424 g/mol. The lowest BCUT2D eigenvalue weighted by molar-refractivity contribution is -0.142. The van der Waals surface area contributed by atoms with Crippen LogP contribution in [0.25, 0.3) is 10.4 Å². The standard InChI is InChI=1S/C24H28N4O3S/c1-15-12-20(31-27-15)24(3,4)23(30)28-11-5-6-19(28)22(29)25-13-17-7-9-18(10-8-17)21-16(2)26-14-32-21/h7-10,12,14,19H,5-6,11,13H2,1-4H3,(H,25,29)/t19-/m0/s1. The van der Waals surface area contributed by atoms with Crippen LogP contribution in [0.1, 0.15) is 49.4 Å². The van der Waals surface area contributed by atoms with Crippen LogP contribution in [-0.4, -0.2) is 39.4 Å². The first-order valence-corrected chi connectivity index (χ1v) is 11.7. The maximum atomic E-state index is 13.3. The number of carbonyl (C=O) groups excluding carboxylic acids is 2. The zero-order chi connectivity index (χ0) is 22.9. The van der Waals surface area contributed by atoms with Gasteiger partial charge >= 0.3 is 0 Å². The molecule has 1 aromatic carbocycles. The molecule has 2 aromatic heterocycles. The number of benzene rings is 1. The van der Waals surface area contributed by atoms with E-state index in [0.717, 1.165) is 33.8 Å². The van der Waals surface area contributed by atoms with Gasteiger partial charge in [0.05, 0.1) is 21.8 Å². The van der Waals surface area contributed by atoms with E-state index in [1.807, 2.05) is 45.3 Å². The third kappa shape index (κ3) is 4.32. The number of likely N-dealkylation sites (tertiary alicyclic amines) is 1. The van der Waals surface area contributed by atoms with Gasteiger partial charge in [-0.3, -0.25) is 9.59 Å². The molecule has 0 saturated carbocycles. The molecule has 1 aliphatic heterocycles. The van der Waals surface area contributed by atoms with Crippen molar-refractivity contribution < 1.29 is 14.1 Å². The molecule has 1 N–H and O–H groups in total. The van der Waals surface area contributed by atoms with Crippen molar-refractivity contribution in [1.82, 2.24) is 20.4 Å². The summed E-state index contributed by atoms with van der Waals surface area (Å²) in [7, 11) is 0. The van der Waals surface area contributed by atoms with Crippen molar-refractivity contribution in [1.29, 1.82) is 0 Å². The van der Waals surface area contributed by atoms with Gasteiger partial charge in [-0.1, -0.05) is 29.4 Å². The Hall–Kier alpha value is -3.00. The van der Waals surface area contributed by atoms with Crippen LogP contribution in [0.3, 0.4) is 0 Å². The van der Waals surface area contributed by atoms with Crippen molar-refractivity contribution in [3.63, 3.8) is 0 Å². The summed E-state index contributed by atoms with van der Waals surface area (Å²) < 4.78 is 5.35. The minimum absolute atomic E-state index is 0.115. The highest BCUT2D eigenvalue weighted by Gasteiger charge is 2.43. The molecule has 0 unspecified atom stereocenters. The zero-order valence-corrected chi connectivity index (χ0v) is 19.7. The van der Waals surface area contributed by atoms with Crippen LogP contribution in [-0.2, 0) is 21.5 Å². The van der Waals surface area contributed by atoms with Gasteiger partial charge in [-0.05, 0) is 51.7 Å². The van der Waals surface area contributed by atoms with Crippen molar-refractivity contribution in [2.45, 2.75) is 58.5 Å². The monoisotopic (exact) mass is 452 g/mol. The minimum Gasteiger partial charge on any atom is -0.360 e. The number of amides is 2. The number of aromatic nitrogens is 2. The van der Waals surface area contributed by atoms with Crippen molar-refractivity contribution in [3.8, 4) is 10.4 Å². The lowest BCUT2D eigenvalue weighted by Gasteiger charge is -2.31. The van der Waals surface area contributed by atoms with Gasteiger partial charge in [-0.15, -0.1) is 11.3 Å². The first-order chi connectivity index (χ1) is 15.3. The minimum atomic E-state index is -0.880. The number of nitrogens with zero attached hydrogens (tertiary/aromatic N) is 3. The fourth-order valence-corrected chi connectivity index (χ4v) is 4.88. The summed E-state index contributed by atoms with van der Waals surface area (Å²) in [4.78, 5) is 33.4. The third-order valence-electron chi connectivity index (χ3n) is 6.02. The zero-order valence-electron chi connectivity index (χ0n) is 18.8. The van der Waals surface area contributed by atoms with Gasteiger partial charge in [0, 0.05) is 19.2 Å². The molecule has 0 bridgehead atoms. The number of aryl methyl sites for hydroxylation is 2. The summed E-state index contributed by atoms with van der Waals surface area (Å²) in [5.41, 5.74) is 4.85. The van der Waals surface area contributed by atoms with Crippen LogP contribution in [0.5, 0.6) is 0 Å². The van der Waals surface area contributed by atoms with E-state index in [-0.39, 0.29) is 11.8 Å². The van der Waals surface area contributed by atoms with Gasteiger partial charge < -0.3 is 14.7 Å². The molecular formula is C24H28N4O3S. The molecule has 32 heavy (non-hydrogen) atoms. The van der Waals surface area contributed by atoms with Crippen LogP contribution < -0.4 is 5.32 Å². The second-order valence-electron chi connectivity index (χ2n) is 8.80. The maximum absolute atomic E-state index is 13.3. The normalized spacial score (nSPS) is 16.4. The Morgan fingerprint density at radius 2 is 2.00 bits per heavy atom. The highest BCUT2D eigenvalue weighted by molar-refractivity contribution is 7.13. The van der Waals surface area contributed by atoms with E-state index in [1.165, 1.54) is 0 Å². The lowest BCUT2D eigenvalue weighted by Crippen LogP contribution is -2.51. The molecule has 4 rings (SSSR count). The van der Waals surface area contributed by atoms with Gasteiger partial charge in [0.1, 0.15) is 11.5 Å². The molecule has 8 heteroatoms. The van der Waals surface area contributed by atoms with E-state index in [1.54, 1.807) is 22.3 Å². The highest BCUT2D eigenvalue weighted by atomic mass is 32.1. The van der Waals surface area contributed by atoms with E-state index in [0.29, 0.717) is 25.3 Å². The maximum Gasteiger partial charge on any atom is 0.243 e. The Balaban J connectivity index is 1.39. The van der Waals surface area contributed by atoms with Crippen LogP contribution in [0.15, 0.2) is 40.4 Å². The summed E-state index contributed by atoms with van der Waals surface area (Å²) in [5.74, 6) is 0.278. The van der Waals surface area contributed by atoms with E-state index >= 15 is 0 Å². The lowest BCUT2D eigenvalue weighted by atomic mass is 9.88. The first kappa shape index (κ1) is 22.2. The second kappa shape index (κ2) is 8.86. The van der Waals surface area contributed by atoms with E-state index in [4.69, 9.17) is 4.52 Å². The predicted octanol–water partition coefficient (Wildman–Crippen LogP) is 4.00. The molecule has 1 fully saturated rings. The SMILES string of the molecule is Cc1cc(C(C)(C)C(=O)N2CCC[C@H]2C(=O)NCc2ccc(-c3scnc3C)cc2)on1. The van der Waals surface area contributed by atoms with Gasteiger partial charge in [0.15, 0.2) is 5.76 Å². The molecule has 0 radical (unpaired) electrons. The second-order valence-corrected chi connectivity index (χ2v) is 9.65. The molecule has 1 saturated heterocycles. The molecule has 1 aliphatic rings. The highest BCUT2D eigenvalue weighted by Crippen LogP contribution is 2.30. The van der Waals surface area contributed by atoms with Crippen molar-refractivity contribution in [2.24, 2.45) is 0 Å². The summed E-state index contributed by atoms with van der Waals surface area (Å²) in [6, 6.07) is 9.44. The molecule has 7 nitrogen and oxygen atoms in total. The average molecular weight is 453 g/mol. The molecule has 2 amide bonds. The molecule has 0 spiro atoms. The first-order valence-electron chi connectivity index (χ1n) is 10.8. The summed E-state index contributed by atoms with van der Waals surface area (Å²) >= 11 is 1.62. The Morgan fingerprint density at radius 1 is 1.25 bits per heavy atom. The fraction of sp³-hybridized carbons (Fsp3) is 0.417. The van der Waals surface area contributed by atoms with Crippen molar-refractivity contribution in [3.05, 3.63) is 58.6 Å². The average Bonchev–Trinajstić information content (AvgIpc) is 3.53. The number of thiazole rings is 1. The summed E-state index contributed by atoms with van der Waals surface area (Å²) in [5, 5.41) is 6.92. The van der Waals surface area contributed by atoms with Crippen molar-refractivity contribution in [2.75, 3.05) is 6.54 Å². The molecule has 168 valence electrons. The quantitative estimate of drug-likeness (QED) is 0.611. The summed E-state index contributed by atoms with van der Waals surface area (Å²) in [6.45, 7) is 8.44. The van der Waals surface area contributed by atoms with Crippen molar-refractivity contribution >= 4 is 23.2 Å². The number of hydrogen-bond donors (Lipinski definition) is 1. The number of nitrogens with one attached hydrogen (secondary N) is 1. The summed E-state index contributed by atoms with van der Waals surface area (Å²) in [6.07, 6.45) is 1.46. The fourth-order valence-electron chi connectivity index (χ4n) is 4.06. The number of hydrogen-bond acceptors (Lipinski definition) is 6. The molecule has 3 aromatic rings. The Morgan fingerprint density at radius 3 is 2.62 bits per heavy atom. The Labute approximate surface area is 191 Å². The van der Waals surface area contributed by atoms with E-state index in [9.17, 15) is 9.59 Å². The van der Waals surface area contributed by atoms with E-state index in [2.05, 4.69) is 27.6 Å². The Kier molecular flexibility index (Phi) is 6.15. The molecule has 1 atom stereocenters. The largest absolute Gasteiger partial charge is 0.360 e. The van der Waals surface area contributed by atoms with Gasteiger partial charge in [0.2, 0.25) is 11.8 Å². The molecule has 3 heterocycles. The van der Waals surface area contributed by atoms with Gasteiger partial charge in [0.25, 0.3) is 0 Å². The number of rotatable bonds is 6. The smallest absolute Gasteiger partial charge is 0.243 e. The van der Waals surface area contributed by atoms with Crippen LogP contribution in [0, 0.1) is 13.8 Å². The van der Waals surface area contributed by atoms with Gasteiger partial charge in [-0.25, -0.2) is 4.98 Å². The van der Waals surface area contributed by atoms with Crippen LogP contribution in [0.2, 0.25) is 0 Å². The van der Waals surface area contributed by atoms with Gasteiger partial charge in [-0.2, -0.15) is 0 Å². The van der Waals surface area contributed by atoms with Crippen LogP contribution >= 0.6 is 11.3 Å². The number of carbonyl (C=O) groups is 2.